The van der Waals surface area contributed by atoms with Crippen molar-refractivity contribution >= 4 is 11.6 Å². The van der Waals surface area contributed by atoms with E-state index in [4.69, 9.17) is 0 Å². The molecule has 0 aliphatic rings. The second kappa shape index (κ2) is 4.86. The van der Waals surface area contributed by atoms with Gasteiger partial charge in [0, 0.05) is 31.9 Å². The molecule has 0 fully saturated rings. The summed E-state index contributed by atoms with van der Waals surface area (Å²) in [7, 11) is 3.80. The monoisotopic (exact) mass is 231 g/mol. The first kappa shape index (κ1) is 11.4. The Labute approximate surface area is 101 Å². The maximum absolute atomic E-state index is 4.39. The number of hydrogen-bond acceptors (Lipinski definition) is 4. The molecule has 0 radical (unpaired) electrons. The normalized spacial score (nSPS) is 10.3. The van der Waals surface area contributed by atoms with E-state index in [1.165, 1.54) is 11.3 Å². The molecule has 5 nitrogen and oxygen atoms in total. The molecule has 0 saturated heterocycles. The van der Waals surface area contributed by atoms with E-state index >= 15 is 0 Å². The molecule has 0 unspecified atom stereocenters. The molecular formula is C12H17N5. The fraction of sp³-hybridized carbons (Fsp3) is 0.333. The van der Waals surface area contributed by atoms with E-state index < -0.39 is 0 Å². The Bertz CT molecular complexity index is 503. The van der Waals surface area contributed by atoms with Crippen LogP contribution in [0.5, 0.6) is 0 Å². The SMILES string of the molecule is CNc1cccc(NCc2cnn(C)c2C)n1. The summed E-state index contributed by atoms with van der Waals surface area (Å²) in [5.74, 6) is 1.72. The summed E-state index contributed by atoms with van der Waals surface area (Å²) in [4.78, 5) is 4.39. The van der Waals surface area contributed by atoms with Gasteiger partial charge < -0.3 is 10.6 Å². The number of hydrogen-bond donors (Lipinski definition) is 2. The van der Waals surface area contributed by atoms with Crippen LogP contribution >= 0.6 is 0 Å². The predicted octanol–water partition coefficient (Wildman–Crippen LogP) is 1.78. The first-order chi connectivity index (χ1) is 8.20. The number of aryl methyl sites for hydroxylation is 1. The molecule has 0 bridgehead atoms. The van der Waals surface area contributed by atoms with Crippen LogP contribution in [0.3, 0.4) is 0 Å². The molecular weight excluding hydrogens is 214 g/mol. The largest absolute Gasteiger partial charge is 0.373 e. The van der Waals surface area contributed by atoms with Crippen LogP contribution in [0, 0.1) is 6.92 Å². The molecule has 2 aromatic heterocycles. The number of nitrogens with zero attached hydrogens (tertiary/aromatic N) is 3. The number of rotatable bonds is 4. The molecule has 0 spiro atoms. The zero-order valence-electron chi connectivity index (χ0n) is 10.4. The summed E-state index contributed by atoms with van der Waals surface area (Å²) in [6, 6.07) is 5.85. The molecule has 0 saturated carbocycles. The highest BCUT2D eigenvalue weighted by Gasteiger charge is 2.03. The van der Waals surface area contributed by atoms with Crippen molar-refractivity contribution in [2.75, 3.05) is 17.7 Å². The van der Waals surface area contributed by atoms with Crippen molar-refractivity contribution in [3.8, 4) is 0 Å². The van der Waals surface area contributed by atoms with Crippen LogP contribution in [0.15, 0.2) is 24.4 Å². The Morgan fingerprint density at radius 2 is 2.06 bits per heavy atom. The van der Waals surface area contributed by atoms with Crippen molar-refractivity contribution in [3.63, 3.8) is 0 Å². The Balaban J connectivity index is 2.04. The summed E-state index contributed by atoms with van der Waals surface area (Å²) in [5, 5.41) is 10.5. The molecule has 0 aliphatic heterocycles. The van der Waals surface area contributed by atoms with Gasteiger partial charge >= 0.3 is 0 Å². The van der Waals surface area contributed by atoms with E-state index in [1.807, 2.05) is 43.2 Å². The smallest absolute Gasteiger partial charge is 0.128 e. The van der Waals surface area contributed by atoms with E-state index in [0.29, 0.717) is 0 Å². The standard InChI is InChI=1S/C12H17N5/c1-9-10(8-15-17(9)3)7-14-12-6-4-5-11(13-2)16-12/h4-6,8H,7H2,1-3H3,(H2,13,14,16). The van der Waals surface area contributed by atoms with Crippen LogP contribution in [0.4, 0.5) is 11.6 Å². The highest BCUT2D eigenvalue weighted by molar-refractivity contribution is 5.45. The topological polar surface area (TPSA) is 54.8 Å². The van der Waals surface area contributed by atoms with Crippen LogP contribution in [-0.4, -0.2) is 21.8 Å². The lowest BCUT2D eigenvalue weighted by Gasteiger charge is -2.06. The zero-order valence-corrected chi connectivity index (χ0v) is 10.4. The van der Waals surface area contributed by atoms with Crippen molar-refractivity contribution < 1.29 is 0 Å². The lowest BCUT2D eigenvalue weighted by Crippen LogP contribution is -2.04. The molecule has 5 heteroatoms. The van der Waals surface area contributed by atoms with Crippen molar-refractivity contribution in [3.05, 3.63) is 35.7 Å². The highest BCUT2D eigenvalue weighted by atomic mass is 15.3. The molecule has 0 amide bonds. The third-order valence-corrected chi connectivity index (χ3v) is 2.80. The quantitative estimate of drug-likeness (QED) is 0.842. The first-order valence-electron chi connectivity index (χ1n) is 5.57. The maximum atomic E-state index is 4.39. The van der Waals surface area contributed by atoms with Gasteiger partial charge in [-0.05, 0) is 19.1 Å². The average Bonchev–Trinajstić information content (AvgIpc) is 2.68. The molecule has 0 atom stereocenters. The summed E-state index contributed by atoms with van der Waals surface area (Å²) < 4.78 is 1.87. The van der Waals surface area contributed by atoms with Crippen molar-refractivity contribution in [1.82, 2.24) is 14.8 Å². The number of aromatic nitrogens is 3. The second-order valence-electron chi connectivity index (χ2n) is 3.89. The minimum absolute atomic E-state index is 0.736. The summed E-state index contributed by atoms with van der Waals surface area (Å²) >= 11 is 0. The molecule has 2 heterocycles. The van der Waals surface area contributed by atoms with Gasteiger partial charge in [-0.15, -0.1) is 0 Å². The van der Waals surface area contributed by atoms with E-state index in [0.717, 1.165) is 18.2 Å². The lowest BCUT2D eigenvalue weighted by molar-refractivity contribution is 0.738. The van der Waals surface area contributed by atoms with Crippen LogP contribution in [0.1, 0.15) is 11.3 Å². The van der Waals surface area contributed by atoms with Gasteiger partial charge in [-0.2, -0.15) is 5.10 Å². The second-order valence-corrected chi connectivity index (χ2v) is 3.89. The Morgan fingerprint density at radius 3 is 2.71 bits per heavy atom. The molecule has 2 rings (SSSR count). The van der Waals surface area contributed by atoms with Gasteiger partial charge in [0.25, 0.3) is 0 Å². The van der Waals surface area contributed by atoms with Gasteiger partial charge in [0.2, 0.25) is 0 Å². The molecule has 0 aromatic carbocycles. The third-order valence-electron chi connectivity index (χ3n) is 2.80. The summed E-state index contributed by atoms with van der Waals surface area (Å²) in [6.45, 7) is 2.79. The zero-order chi connectivity index (χ0) is 12.3. The minimum Gasteiger partial charge on any atom is -0.373 e. The number of nitrogens with one attached hydrogen (secondary N) is 2. The van der Waals surface area contributed by atoms with Crippen LogP contribution < -0.4 is 10.6 Å². The Kier molecular flexibility index (Phi) is 3.27. The van der Waals surface area contributed by atoms with Crippen LogP contribution in [-0.2, 0) is 13.6 Å². The van der Waals surface area contributed by atoms with E-state index in [1.54, 1.807) is 0 Å². The van der Waals surface area contributed by atoms with Gasteiger partial charge in [0.05, 0.1) is 6.20 Å². The van der Waals surface area contributed by atoms with Gasteiger partial charge in [0.1, 0.15) is 11.6 Å². The van der Waals surface area contributed by atoms with Crippen LogP contribution in [0.2, 0.25) is 0 Å². The molecule has 90 valence electrons. The summed E-state index contributed by atoms with van der Waals surface area (Å²) in [6.07, 6.45) is 1.88. The third kappa shape index (κ3) is 2.55. The van der Waals surface area contributed by atoms with Gasteiger partial charge in [-0.3, -0.25) is 4.68 Å². The molecule has 2 N–H and O–H groups in total. The molecule has 2 aromatic rings. The van der Waals surface area contributed by atoms with E-state index in [-0.39, 0.29) is 0 Å². The van der Waals surface area contributed by atoms with E-state index in [2.05, 4.69) is 27.6 Å². The summed E-state index contributed by atoms with van der Waals surface area (Å²) in [5.41, 5.74) is 2.35. The molecule has 17 heavy (non-hydrogen) atoms. The van der Waals surface area contributed by atoms with Crippen LogP contribution in [0.25, 0.3) is 0 Å². The van der Waals surface area contributed by atoms with Gasteiger partial charge in [0.15, 0.2) is 0 Å². The predicted molar refractivity (Wildman–Crippen MR) is 69.1 cm³/mol. The maximum Gasteiger partial charge on any atom is 0.128 e. The van der Waals surface area contributed by atoms with Gasteiger partial charge in [-0.1, -0.05) is 6.07 Å². The fourth-order valence-electron chi connectivity index (χ4n) is 1.58. The van der Waals surface area contributed by atoms with Crippen molar-refractivity contribution in [1.29, 1.82) is 0 Å². The average molecular weight is 231 g/mol. The van der Waals surface area contributed by atoms with Crippen molar-refractivity contribution in [2.45, 2.75) is 13.5 Å². The molecule has 0 aliphatic carbocycles. The minimum atomic E-state index is 0.736. The Hall–Kier alpha value is -2.04. The number of anilines is 2. The van der Waals surface area contributed by atoms with E-state index in [9.17, 15) is 0 Å². The number of pyridine rings is 1. The highest BCUT2D eigenvalue weighted by Crippen LogP contribution is 2.11. The lowest BCUT2D eigenvalue weighted by atomic mass is 10.2. The van der Waals surface area contributed by atoms with Gasteiger partial charge in [-0.25, -0.2) is 4.98 Å². The van der Waals surface area contributed by atoms with Crippen molar-refractivity contribution in [2.24, 2.45) is 7.05 Å². The first-order valence-corrected chi connectivity index (χ1v) is 5.57. The fourth-order valence-corrected chi connectivity index (χ4v) is 1.58. The Morgan fingerprint density at radius 1 is 1.29 bits per heavy atom.